The highest BCUT2D eigenvalue weighted by Gasteiger charge is 2.37. The van der Waals surface area contributed by atoms with Gasteiger partial charge in [-0.05, 0) is 48.4 Å². The van der Waals surface area contributed by atoms with Gasteiger partial charge < -0.3 is 11.1 Å². The summed E-state index contributed by atoms with van der Waals surface area (Å²) in [5.41, 5.74) is 7.25. The van der Waals surface area contributed by atoms with Gasteiger partial charge in [-0.15, -0.1) is 0 Å². The van der Waals surface area contributed by atoms with E-state index in [9.17, 15) is 4.39 Å². The van der Waals surface area contributed by atoms with Gasteiger partial charge in [-0.1, -0.05) is 0 Å². The summed E-state index contributed by atoms with van der Waals surface area (Å²) in [4.78, 5) is 0. The number of anilines is 2. The van der Waals surface area contributed by atoms with Crippen LogP contribution < -0.4 is 11.1 Å². The quantitative estimate of drug-likeness (QED) is 0.651. The number of nitrogen functional groups attached to an aromatic ring is 1. The van der Waals surface area contributed by atoms with Crippen molar-refractivity contribution >= 4 is 34.0 Å². The smallest absolute Gasteiger partial charge is 0.138 e. The Kier molecular flexibility index (Phi) is 2.33. The minimum absolute atomic E-state index is 0.132. The summed E-state index contributed by atoms with van der Waals surface area (Å²) in [5.74, 6) is -0.216. The van der Waals surface area contributed by atoms with Crippen molar-refractivity contribution in [2.45, 2.75) is 25.3 Å². The van der Waals surface area contributed by atoms with Crippen LogP contribution in [0.15, 0.2) is 12.1 Å². The molecular formula is C10H12FIN2. The second kappa shape index (κ2) is 3.25. The van der Waals surface area contributed by atoms with Crippen LogP contribution in [0.1, 0.15) is 19.8 Å². The average Bonchev–Trinajstić information content (AvgIpc) is 2.80. The molecule has 2 rings (SSSR count). The highest BCUT2D eigenvalue weighted by Crippen LogP contribution is 2.39. The molecule has 3 N–H and O–H groups in total. The molecule has 0 atom stereocenters. The van der Waals surface area contributed by atoms with Crippen LogP contribution in [0.3, 0.4) is 0 Å². The molecule has 0 amide bonds. The van der Waals surface area contributed by atoms with E-state index in [4.69, 9.17) is 5.73 Å². The Bertz CT molecular complexity index is 375. The molecule has 0 aromatic heterocycles. The number of hydrogen-bond donors (Lipinski definition) is 2. The fourth-order valence-electron chi connectivity index (χ4n) is 1.31. The van der Waals surface area contributed by atoms with E-state index in [-0.39, 0.29) is 11.4 Å². The third-order valence-corrected chi connectivity index (χ3v) is 3.36. The molecule has 1 aliphatic rings. The van der Waals surface area contributed by atoms with E-state index in [2.05, 4.69) is 12.2 Å². The number of benzene rings is 1. The van der Waals surface area contributed by atoms with Crippen molar-refractivity contribution in [3.63, 3.8) is 0 Å². The van der Waals surface area contributed by atoms with Crippen molar-refractivity contribution in [2.75, 3.05) is 11.1 Å². The molecule has 2 nitrogen and oxygen atoms in total. The fourth-order valence-corrected chi connectivity index (χ4v) is 1.80. The third-order valence-electron chi connectivity index (χ3n) is 2.53. The zero-order valence-corrected chi connectivity index (χ0v) is 10.1. The SMILES string of the molecule is CC1(Nc2cc(F)c(I)cc2N)CC1. The molecule has 0 heterocycles. The Hall–Kier alpha value is -0.520. The summed E-state index contributed by atoms with van der Waals surface area (Å²) in [5, 5.41) is 3.26. The second-order valence-corrected chi connectivity index (χ2v) is 5.20. The summed E-state index contributed by atoms with van der Waals surface area (Å²) >= 11 is 1.94. The first kappa shape index (κ1) is 10.0. The summed E-state index contributed by atoms with van der Waals surface area (Å²) in [6.45, 7) is 2.11. The Morgan fingerprint density at radius 1 is 1.50 bits per heavy atom. The standard InChI is InChI=1S/C10H12FIN2/c1-10(2-3-10)14-9-4-6(11)7(12)5-8(9)13/h4-5,14H,2-3,13H2,1H3. The van der Waals surface area contributed by atoms with E-state index in [1.54, 1.807) is 6.07 Å². The van der Waals surface area contributed by atoms with Gasteiger partial charge in [-0.25, -0.2) is 4.39 Å². The summed E-state index contributed by atoms with van der Waals surface area (Å²) in [6.07, 6.45) is 2.25. The molecule has 1 aliphatic carbocycles. The normalized spacial score (nSPS) is 17.9. The lowest BCUT2D eigenvalue weighted by Crippen LogP contribution is -2.17. The summed E-state index contributed by atoms with van der Waals surface area (Å²) < 4.78 is 13.8. The predicted molar refractivity (Wildman–Crippen MR) is 64.8 cm³/mol. The monoisotopic (exact) mass is 306 g/mol. The van der Waals surface area contributed by atoms with Crippen LogP contribution in [0.2, 0.25) is 0 Å². The van der Waals surface area contributed by atoms with Gasteiger partial charge in [0.1, 0.15) is 5.82 Å². The Morgan fingerprint density at radius 2 is 2.14 bits per heavy atom. The topological polar surface area (TPSA) is 38.0 Å². The Labute approximate surface area is 96.2 Å². The second-order valence-electron chi connectivity index (χ2n) is 4.04. The number of rotatable bonds is 2. The van der Waals surface area contributed by atoms with Crippen LogP contribution in [0, 0.1) is 9.39 Å². The maximum atomic E-state index is 13.3. The zero-order chi connectivity index (χ0) is 10.3. The van der Waals surface area contributed by atoms with Crippen molar-refractivity contribution in [3.8, 4) is 0 Å². The number of nitrogens with two attached hydrogens (primary N) is 1. The van der Waals surface area contributed by atoms with E-state index in [0.717, 1.165) is 12.8 Å². The minimum atomic E-state index is -0.216. The van der Waals surface area contributed by atoms with Crippen LogP contribution in [0.25, 0.3) is 0 Å². The van der Waals surface area contributed by atoms with Crippen molar-refractivity contribution in [3.05, 3.63) is 21.5 Å². The molecule has 1 aromatic rings. The largest absolute Gasteiger partial charge is 0.397 e. The molecule has 0 aliphatic heterocycles. The van der Waals surface area contributed by atoms with Crippen LogP contribution in [0.5, 0.6) is 0 Å². The number of halogens is 2. The highest BCUT2D eigenvalue weighted by atomic mass is 127. The molecule has 1 fully saturated rings. The van der Waals surface area contributed by atoms with Crippen molar-refractivity contribution < 1.29 is 4.39 Å². The van der Waals surface area contributed by atoms with Gasteiger partial charge in [0.15, 0.2) is 0 Å². The lowest BCUT2D eigenvalue weighted by Gasteiger charge is -2.15. The first-order chi connectivity index (χ1) is 6.50. The van der Waals surface area contributed by atoms with Gasteiger partial charge in [0, 0.05) is 11.6 Å². The molecule has 0 saturated heterocycles. The first-order valence-electron chi connectivity index (χ1n) is 4.53. The lowest BCUT2D eigenvalue weighted by molar-refractivity contribution is 0.620. The first-order valence-corrected chi connectivity index (χ1v) is 5.61. The van der Waals surface area contributed by atoms with Gasteiger partial charge in [0.05, 0.1) is 14.9 Å². The van der Waals surface area contributed by atoms with Gasteiger partial charge in [0.2, 0.25) is 0 Å². The van der Waals surface area contributed by atoms with Crippen molar-refractivity contribution in [2.24, 2.45) is 0 Å². The molecule has 0 radical (unpaired) electrons. The molecular weight excluding hydrogens is 294 g/mol. The third kappa shape index (κ3) is 1.94. The molecule has 1 saturated carbocycles. The lowest BCUT2D eigenvalue weighted by atomic mass is 10.2. The van der Waals surface area contributed by atoms with Crippen LogP contribution >= 0.6 is 22.6 Å². The van der Waals surface area contributed by atoms with Crippen LogP contribution in [-0.2, 0) is 0 Å². The maximum Gasteiger partial charge on any atom is 0.138 e. The van der Waals surface area contributed by atoms with Crippen LogP contribution in [0.4, 0.5) is 15.8 Å². The van der Waals surface area contributed by atoms with E-state index < -0.39 is 0 Å². The molecule has 14 heavy (non-hydrogen) atoms. The molecule has 0 bridgehead atoms. The van der Waals surface area contributed by atoms with Crippen molar-refractivity contribution in [1.82, 2.24) is 0 Å². The van der Waals surface area contributed by atoms with E-state index in [1.165, 1.54) is 6.07 Å². The molecule has 0 spiro atoms. The highest BCUT2D eigenvalue weighted by molar-refractivity contribution is 14.1. The van der Waals surface area contributed by atoms with Gasteiger partial charge >= 0.3 is 0 Å². The van der Waals surface area contributed by atoms with Gasteiger partial charge in [0.25, 0.3) is 0 Å². The summed E-state index contributed by atoms with van der Waals surface area (Å²) in [6, 6.07) is 3.13. The molecule has 4 heteroatoms. The zero-order valence-electron chi connectivity index (χ0n) is 7.90. The summed E-state index contributed by atoms with van der Waals surface area (Å²) in [7, 11) is 0. The Morgan fingerprint density at radius 3 is 2.71 bits per heavy atom. The predicted octanol–water partition coefficient (Wildman–Crippen LogP) is 2.98. The number of nitrogens with one attached hydrogen (secondary N) is 1. The minimum Gasteiger partial charge on any atom is -0.397 e. The molecule has 1 aromatic carbocycles. The van der Waals surface area contributed by atoms with E-state index >= 15 is 0 Å². The average molecular weight is 306 g/mol. The molecule has 0 unspecified atom stereocenters. The van der Waals surface area contributed by atoms with Gasteiger partial charge in [-0.2, -0.15) is 0 Å². The number of hydrogen-bond acceptors (Lipinski definition) is 2. The van der Waals surface area contributed by atoms with E-state index in [0.29, 0.717) is 14.9 Å². The van der Waals surface area contributed by atoms with Crippen LogP contribution in [-0.4, -0.2) is 5.54 Å². The van der Waals surface area contributed by atoms with Gasteiger partial charge in [-0.3, -0.25) is 0 Å². The van der Waals surface area contributed by atoms with E-state index in [1.807, 2.05) is 22.6 Å². The Balaban J connectivity index is 2.29. The van der Waals surface area contributed by atoms with Crippen molar-refractivity contribution in [1.29, 1.82) is 0 Å². The molecule has 76 valence electrons. The fraction of sp³-hybridized carbons (Fsp3) is 0.400. The maximum absolute atomic E-state index is 13.3.